The molecule has 4 rings (SSSR count). The van der Waals surface area contributed by atoms with Crippen LogP contribution in [-0.4, -0.2) is 17.4 Å². The fraction of sp³-hybridized carbons (Fsp3) is 0.333. The minimum Gasteiger partial charge on any atom is -0.365 e. The third kappa shape index (κ3) is 4.67. The predicted molar refractivity (Wildman–Crippen MR) is 121 cm³/mol. The molecule has 150 valence electrons. The molecule has 2 aromatic carbocycles. The molecular weight excluding hydrogens is 378 g/mol. The van der Waals surface area contributed by atoms with Crippen molar-refractivity contribution in [3.8, 4) is 0 Å². The molecule has 0 aliphatic carbocycles. The highest BCUT2D eigenvalue weighted by Crippen LogP contribution is 2.29. The molecule has 2 heterocycles. The Morgan fingerprint density at radius 2 is 1.93 bits per heavy atom. The summed E-state index contributed by atoms with van der Waals surface area (Å²) < 4.78 is 0. The van der Waals surface area contributed by atoms with Gasteiger partial charge in [-0.3, -0.25) is 4.79 Å². The summed E-state index contributed by atoms with van der Waals surface area (Å²) in [5, 5.41) is 5.98. The highest BCUT2D eigenvalue weighted by Gasteiger charge is 2.18. The van der Waals surface area contributed by atoms with E-state index in [1.54, 1.807) is 11.3 Å². The molecule has 0 spiro atoms. The summed E-state index contributed by atoms with van der Waals surface area (Å²) >= 11 is 1.57. The van der Waals surface area contributed by atoms with Gasteiger partial charge in [0, 0.05) is 23.3 Å². The number of rotatable bonds is 5. The Labute approximate surface area is 176 Å². The summed E-state index contributed by atoms with van der Waals surface area (Å²) in [6, 6.07) is 12.8. The van der Waals surface area contributed by atoms with E-state index in [-0.39, 0.29) is 5.91 Å². The topological polar surface area (TPSA) is 45.2 Å². The molecule has 0 saturated carbocycles. The van der Waals surface area contributed by atoms with Crippen LogP contribution in [-0.2, 0) is 24.2 Å². The minimum absolute atomic E-state index is 0.0154. The maximum absolute atomic E-state index is 12.5. The van der Waals surface area contributed by atoms with Gasteiger partial charge in [-0.2, -0.15) is 0 Å². The first kappa shape index (κ1) is 19.6. The van der Waals surface area contributed by atoms with Gasteiger partial charge in [-0.25, -0.2) is 4.98 Å². The van der Waals surface area contributed by atoms with E-state index in [1.165, 1.54) is 23.2 Å². The highest BCUT2D eigenvalue weighted by atomic mass is 32.1. The third-order valence-corrected chi connectivity index (χ3v) is 6.28. The van der Waals surface area contributed by atoms with Crippen molar-refractivity contribution in [3.05, 3.63) is 74.7 Å². The van der Waals surface area contributed by atoms with E-state index in [1.807, 2.05) is 26.0 Å². The molecule has 0 fully saturated rings. The number of fused-ring (bicyclic) bond motifs is 1. The lowest BCUT2D eigenvalue weighted by atomic mass is 9.99. The molecule has 0 atom stereocenters. The molecule has 4 nitrogen and oxygen atoms in total. The SMILES string of the molecule is Cc1ccc2c(c1)CCCN2Cc1csc(CC(=O)Nc2cc(C)ccc2C)n1. The average Bonchev–Trinajstić information content (AvgIpc) is 3.11. The lowest BCUT2D eigenvalue weighted by Gasteiger charge is -2.31. The maximum atomic E-state index is 12.5. The average molecular weight is 406 g/mol. The van der Waals surface area contributed by atoms with Crippen LogP contribution in [0.25, 0.3) is 0 Å². The van der Waals surface area contributed by atoms with Crippen molar-refractivity contribution in [3.63, 3.8) is 0 Å². The number of amides is 1. The van der Waals surface area contributed by atoms with Gasteiger partial charge in [-0.15, -0.1) is 11.3 Å². The van der Waals surface area contributed by atoms with Crippen LogP contribution in [0.4, 0.5) is 11.4 Å². The van der Waals surface area contributed by atoms with Gasteiger partial charge in [0.1, 0.15) is 5.01 Å². The molecular formula is C24H27N3OS. The number of nitrogens with one attached hydrogen (secondary N) is 1. The molecule has 1 aliphatic rings. The van der Waals surface area contributed by atoms with Crippen molar-refractivity contribution in [2.75, 3.05) is 16.8 Å². The van der Waals surface area contributed by atoms with Crippen molar-refractivity contribution < 1.29 is 4.79 Å². The van der Waals surface area contributed by atoms with Gasteiger partial charge in [0.05, 0.1) is 18.7 Å². The van der Waals surface area contributed by atoms with Gasteiger partial charge in [-0.1, -0.05) is 29.8 Å². The second kappa shape index (κ2) is 8.37. The molecule has 1 aromatic heterocycles. The summed E-state index contributed by atoms with van der Waals surface area (Å²) in [4.78, 5) is 19.6. The first-order valence-electron chi connectivity index (χ1n) is 10.1. The number of benzene rings is 2. The zero-order chi connectivity index (χ0) is 20.4. The van der Waals surface area contributed by atoms with Gasteiger partial charge in [0.25, 0.3) is 0 Å². The summed E-state index contributed by atoms with van der Waals surface area (Å²) in [6.45, 7) is 8.03. The Balaban J connectivity index is 1.40. The van der Waals surface area contributed by atoms with Crippen molar-refractivity contribution in [1.29, 1.82) is 0 Å². The molecule has 0 radical (unpaired) electrons. The number of carbonyl (C=O) groups excluding carboxylic acids is 1. The molecule has 1 amide bonds. The number of carbonyl (C=O) groups is 1. The second-order valence-electron chi connectivity index (χ2n) is 7.93. The van der Waals surface area contributed by atoms with Crippen LogP contribution in [0.3, 0.4) is 0 Å². The number of nitrogens with zero attached hydrogens (tertiary/aromatic N) is 2. The predicted octanol–water partition coefficient (Wildman–Crippen LogP) is 5.20. The lowest BCUT2D eigenvalue weighted by Crippen LogP contribution is -2.29. The van der Waals surface area contributed by atoms with E-state index in [4.69, 9.17) is 4.98 Å². The third-order valence-electron chi connectivity index (χ3n) is 5.38. The summed E-state index contributed by atoms with van der Waals surface area (Å²) in [6.07, 6.45) is 2.63. The first-order valence-corrected chi connectivity index (χ1v) is 11.0. The Kier molecular flexibility index (Phi) is 5.67. The van der Waals surface area contributed by atoms with E-state index in [0.29, 0.717) is 6.42 Å². The maximum Gasteiger partial charge on any atom is 0.231 e. The van der Waals surface area contributed by atoms with Crippen molar-refractivity contribution in [2.45, 2.75) is 46.6 Å². The number of aromatic nitrogens is 1. The minimum atomic E-state index is -0.0154. The normalized spacial score (nSPS) is 13.3. The summed E-state index contributed by atoms with van der Waals surface area (Å²) in [5.74, 6) is -0.0154. The molecule has 0 saturated heterocycles. The molecule has 1 aliphatic heterocycles. The monoisotopic (exact) mass is 405 g/mol. The van der Waals surface area contributed by atoms with Crippen LogP contribution in [0.15, 0.2) is 41.8 Å². The Morgan fingerprint density at radius 3 is 2.79 bits per heavy atom. The van der Waals surface area contributed by atoms with Gasteiger partial charge >= 0.3 is 0 Å². The van der Waals surface area contributed by atoms with Gasteiger partial charge in [0.15, 0.2) is 0 Å². The quantitative estimate of drug-likeness (QED) is 0.634. The number of aryl methyl sites for hydroxylation is 4. The van der Waals surface area contributed by atoms with Crippen LogP contribution >= 0.6 is 11.3 Å². The van der Waals surface area contributed by atoms with Crippen LogP contribution in [0.2, 0.25) is 0 Å². The number of anilines is 2. The Morgan fingerprint density at radius 1 is 1.14 bits per heavy atom. The van der Waals surface area contributed by atoms with Crippen molar-refractivity contribution >= 4 is 28.6 Å². The zero-order valence-electron chi connectivity index (χ0n) is 17.3. The van der Waals surface area contributed by atoms with Gasteiger partial charge < -0.3 is 10.2 Å². The van der Waals surface area contributed by atoms with E-state index in [2.05, 4.69) is 46.8 Å². The van der Waals surface area contributed by atoms with Crippen molar-refractivity contribution in [1.82, 2.24) is 4.98 Å². The van der Waals surface area contributed by atoms with Crippen LogP contribution in [0.5, 0.6) is 0 Å². The highest BCUT2D eigenvalue weighted by molar-refractivity contribution is 7.09. The molecule has 0 unspecified atom stereocenters. The fourth-order valence-electron chi connectivity index (χ4n) is 3.87. The molecule has 0 bridgehead atoms. The Bertz CT molecular complexity index is 1040. The fourth-order valence-corrected chi connectivity index (χ4v) is 4.65. The van der Waals surface area contributed by atoms with Crippen LogP contribution < -0.4 is 10.2 Å². The smallest absolute Gasteiger partial charge is 0.231 e. The Hall–Kier alpha value is -2.66. The second-order valence-corrected chi connectivity index (χ2v) is 8.88. The number of hydrogen-bond donors (Lipinski definition) is 1. The lowest BCUT2D eigenvalue weighted by molar-refractivity contribution is -0.115. The molecule has 29 heavy (non-hydrogen) atoms. The van der Waals surface area contributed by atoms with Gasteiger partial charge in [0.2, 0.25) is 5.91 Å². The zero-order valence-corrected chi connectivity index (χ0v) is 18.1. The van der Waals surface area contributed by atoms with E-state index < -0.39 is 0 Å². The summed E-state index contributed by atoms with van der Waals surface area (Å²) in [7, 11) is 0. The molecule has 3 aromatic rings. The summed E-state index contributed by atoms with van der Waals surface area (Å²) in [5.41, 5.74) is 8.20. The largest absolute Gasteiger partial charge is 0.365 e. The van der Waals surface area contributed by atoms with E-state index in [0.717, 1.165) is 47.0 Å². The first-order chi connectivity index (χ1) is 14.0. The van der Waals surface area contributed by atoms with E-state index >= 15 is 0 Å². The van der Waals surface area contributed by atoms with Crippen molar-refractivity contribution in [2.24, 2.45) is 0 Å². The number of hydrogen-bond acceptors (Lipinski definition) is 4. The molecule has 1 N–H and O–H groups in total. The van der Waals surface area contributed by atoms with Crippen LogP contribution in [0, 0.1) is 20.8 Å². The van der Waals surface area contributed by atoms with Gasteiger partial charge in [-0.05, 0) is 62.4 Å². The van der Waals surface area contributed by atoms with Crippen LogP contribution in [0.1, 0.15) is 39.4 Å². The standard InChI is InChI=1S/C24H27N3OS/c1-16-7-9-22-19(11-16)5-4-10-27(22)14-20-15-29-24(25-20)13-23(28)26-21-12-17(2)6-8-18(21)3/h6-9,11-12,15H,4-5,10,13-14H2,1-3H3,(H,26,28). The molecule has 5 heteroatoms. The number of thiazole rings is 1. The van der Waals surface area contributed by atoms with E-state index in [9.17, 15) is 4.79 Å².